The summed E-state index contributed by atoms with van der Waals surface area (Å²) in [5.41, 5.74) is 2.58. The summed E-state index contributed by atoms with van der Waals surface area (Å²) < 4.78 is 5.71. The van der Waals surface area contributed by atoms with E-state index in [0.717, 1.165) is 30.5 Å². The molecule has 1 aliphatic rings. The van der Waals surface area contributed by atoms with Crippen LogP contribution in [0.5, 0.6) is 0 Å². The number of aromatic nitrogens is 1. The first kappa shape index (κ1) is 10.3. The van der Waals surface area contributed by atoms with Crippen molar-refractivity contribution in [3.63, 3.8) is 0 Å². The molecule has 0 N–H and O–H groups in total. The lowest BCUT2D eigenvalue weighted by molar-refractivity contribution is 0.111. The molecular weight excluding hydrogens is 214 g/mol. The Bertz CT molecular complexity index is 550. The molecular formula is C14H13NO2. The summed E-state index contributed by atoms with van der Waals surface area (Å²) >= 11 is 0. The van der Waals surface area contributed by atoms with Gasteiger partial charge in [0.15, 0.2) is 6.29 Å². The molecule has 2 aromatic rings. The second kappa shape index (κ2) is 3.84. The highest BCUT2D eigenvalue weighted by Gasteiger charge is 2.31. The zero-order valence-corrected chi connectivity index (χ0v) is 9.64. The van der Waals surface area contributed by atoms with Gasteiger partial charge in [-0.15, -0.1) is 0 Å². The first-order valence-electron chi connectivity index (χ1n) is 5.81. The molecule has 3 nitrogen and oxygen atoms in total. The minimum atomic E-state index is 0.405. The van der Waals surface area contributed by atoms with Crippen molar-refractivity contribution >= 4 is 6.29 Å². The van der Waals surface area contributed by atoms with Gasteiger partial charge in [0, 0.05) is 11.5 Å². The second-order valence-corrected chi connectivity index (χ2v) is 4.53. The SMILES string of the molecule is Cc1ccc(-c2nc(C=O)c(C3CC3)o2)cc1. The molecule has 0 spiro atoms. The first-order valence-corrected chi connectivity index (χ1v) is 5.81. The van der Waals surface area contributed by atoms with E-state index >= 15 is 0 Å². The number of carbonyl (C=O) groups excluding carboxylic acids is 1. The molecule has 1 aromatic heterocycles. The van der Waals surface area contributed by atoms with Gasteiger partial charge in [0.2, 0.25) is 5.89 Å². The van der Waals surface area contributed by atoms with Crippen LogP contribution in [0.1, 0.15) is 40.6 Å². The molecule has 0 saturated heterocycles. The minimum Gasteiger partial charge on any atom is -0.440 e. The maximum absolute atomic E-state index is 10.9. The van der Waals surface area contributed by atoms with E-state index in [4.69, 9.17) is 4.42 Å². The van der Waals surface area contributed by atoms with Crippen LogP contribution in [-0.2, 0) is 0 Å². The molecule has 0 bridgehead atoms. The van der Waals surface area contributed by atoms with Crippen molar-refractivity contribution in [1.29, 1.82) is 0 Å². The van der Waals surface area contributed by atoms with Crippen LogP contribution in [0.25, 0.3) is 11.5 Å². The summed E-state index contributed by atoms with van der Waals surface area (Å²) in [6, 6.07) is 7.95. The molecule has 1 saturated carbocycles. The smallest absolute Gasteiger partial charge is 0.226 e. The normalized spacial score (nSPS) is 14.9. The molecule has 0 atom stereocenters. The molecule has 3 rings (SSSR count). The Morgan fingerprint density at radius 2 is 2.00 bits per heavy atom. The third kappa shape index (κ3) is 1.88. The number of aldehydes is 1. The third-order valence-corrected chi connectivity index (χ3v) is 3.04. The predicted molar refractivity (Wildman–Crippen MR) is 64.0 cm³/mol. The highest BCUT2D eigenvalue weighted by atomic mass is 16.4. The van der Waals surface area contributed by atoms with Gasteiger partial charge >= 0.3 is 0 Å². The Hall–Kier alpha value is -1.90. The lowest BCUT2D eigenvalue weighted by Gasteiger charge is -1.96. The fourth-order valence-electron chi connectivity index (χ4n) is 1.89. The minimum absolute atomic E-state index is 0.405. The molecule has 17 heavy (non-hydrogen) atoms. The number of benzene rings is 1. The molecule has 0 radical (unpaired) electrons. The maximum atomic E-state index is 10.9. The molecule has 0 unspecified atom stereocenters. The van der Waals surface area contributed by atoms with E-state index < -0.39 is 0 Å². The number of oxazole rings is 1. The van der Waals surface area contributed by atoms with Crippen molar-refractivity contribution in [3.05, 3.63) is 41.3 Å². The molecule has 0 aliphatic heterocycles. The zero-order chi connectivity index (χ0) is 11.8. The molecule has 1 aromatic carbocycles. The molecule has 0 amide bonds. The van der Waals surface area contributed by atoms with Gasteiger partial charge in [0.25, 0.3) is 0 Å². The summed E-state index contributed by atoms with van der Waals surface area (Å²) in [5.74, 6) is 1.71. The molecule has 3 heteroatoms. The van der Waals surface area contributed by atoms with Crippen LogP contribution in [0.4, 0.5) is 0 Å². The summed E-state index contributed by atoms with van der Waals surface area (Å²) in [5, 5.41) is 0. The van der Waals surface area contributed by atoms with E-state index in [1.54, 1.807) is 0 Å². The van der Waals surface area contributed by atoms with Crippen molar-refractivity contribution in [1.82, 2.24) is 4.98 Å². The van der Waals surface area contributed by atoms with Crippen LogP contribution in [0.3, 0.4) is 0 Å². The molecule has 1 fully saturated rings. The Labute approximate surface area is 99.5 Å². The Kier molecular flexibility index (Phi) is 2.32. The van der Waals surface area contributed by atoms with Crippen LogP contribution in [0.15, 0.2) is 28.7 Å². The van der Waals surface area contributed by atoms with Gasteiger partial charge in [0.05, 0.1) is 0 Å². The van der Waals surface area contributed by atoms with Gasteiger partial charge < -0.3 is 4.42 Å². The van der Waals surface area contributed by atoms with Gasteiger partial charge in [-0.2, -0.15) is 0 Å². The summed E-state index contributed by atoms with van der Waals surface area (Å²) in [7, 11) is 0. The van der Waals surface area contributed by atoms with Crippen LogP contribution < -0.4 is 0 Å². The number of hydrogen-bond donors (Lipinski definition) is 0. The van der Waals surface area contributed by atoms with Crippen molar-refractivity contribution < 1.29 is 9.21 Å². The lowest BCUT2D eigenvalue weighted by Crippen LogP contribution is -1.85. The zero-order valence-electron chi connectivity index (χ0n) is 9.64. The van der Waals surface area contributed by atoms with Crippen molar-refractivity contribution in [2.75, 3.05) is 0 Å². The number of carbonyl (C=O) groups is 1. The average molecular weight is 227 g/mol. The molecule has 1 aliphatic carbocycles. The second-order valence-electron chi connectivity index (χ2n) is 4.53. The predicted octanol–water partition coefficient (Wildman–Crippen LogP) is 3.34. The number of hydrogen-bond acceptors (Lipinski definition) is 3. The Balaban J connectivity index is 2.02. The Morgan fingerprint density at radius 1 is 1.29 bits per heavy atom. The van der Waals surface area contributed by atoms with Crippen LogP contribution in [-0.4, -0.2) is 11.3 Å². The van der Waals surface area contributed by atoms with E-state index in [1.807, 2.05) is 31.2 Å². The van der Waals surface area contributed by atoms with Crippen LogP contribution in [0.2, 0.25) is 0 Å². The quantitative estimate of drug-likeness (QED) is 0.755. The van der Waals surface area contributed by atoms with Crippen molar-refractivity contribution in [3.8, 4) is 11.5 Å². The highest BCUT2D eigenvalue weighted by Crippen LogP contribution is 2.42. The van der Waals surface area contributed by atoms with E-state index in [2.05, 4.69) is 4.98 Å². The van der Waals surface area contributed by atoms with Gasteiger partial charge in [-0.1, -0.05) is 17.7 Å². The van der Waals surface area contributed by atoms with Crippen LogP contribution >= 0.6 is 0 Å². The van der Waals surface area contributed by atoms with Gasteiger partial charge in [-0.25, -0.2) is 4.98 Å². The fourth-order valence-corrected chi connectivity index (χ4v) is 1.89. The number of rotatable bonds is 3. The molecule has 86 valence electrons. The monoisotopic (exact) mass is 227 g/mol. The number of nitrogens with zero attached hydrogens (tertiary/aromatic N) is 1. The third-order valence-electron chi connectivity index (χ3n) is 3.04. The van der Waals surface area contributed by atoms with Crippen LogP contribution in [0, 0.1) is 6.92 Å². The summed E-state index contributed by atoms with van der Waals surface area (Å²) in [6.45, 7) is 2.03. The number of aryl methyl sites for hydroxylation is 1. The van der Waals surface area contributed by atoms with Gasteiger partial charge in [-0.3, -0.25) is 4.79 Å². The standard InChI is InChI=1S/C14H13NO2/c1-9-2-4-11(5-3-9)14-15-12(8-16)13(17-14)10-6-7-10/h2-5,8,10H,6-7H2,1H3. The van der Waals surface area contributed by atoms with E-state index in [9.17, 15) is 4.79 Å². The first-order chi connectivity index (χ1) is 8.28. The lowest BCUT2D eigenvalue weighted by atomic mass is 10.1. The van der Waals surface area contributed by atoms with Gasteiger partial charge in [-0.05, 0) is 31.9 Å². The average Bonchev–Trinajstić information content (AvgIpc) is 3.10. The Morgan fingerprint density at radius 3 is 2.59 bits per heavy atom. The van der Waals surface area contributed by atoms with Gasteiger partial charge in [0.1, 0.15) is 11.5 Å². The van der Waals surface area contributed by atoms with E-state index in [1.165, 1.54) is 5.56 Å². The summed E-state index contributed by atoms with van der Waals surface area (Å²) in [4.78, 5) is 15.2. The summed E-state index contributed by atoms with van der Waals surface area (Å²) in [6.07, 6.45) is 2.99. The fraction of sp³-hybridized carbons (Fsp3) is 0.286. The molecule has 1 heterocycles. The van der Waals surface area contributed by atoms with E-state index in [0.29, 0.717) is 17.5 Å². The maximum Gasteiger partial charge on any atom is 0.226 e. The van der Waals surface area contributed by atoms with E-state index in [-0.39, 0.29) is 0 Å². The van der Waals surface area contributed by atoms with Crippen molar-refractivity contribution in [2.45, 2.75) is 25.7 Å². The van der Waals surface area contributed by atoms with Crippen molar-refractivity contribution in [2.24, 2.45) is 0 Å². The topological polar surface area (TPSA) is 43.1 Å². The largest absolute Gasteiger partial charge is 0.440 e. The highest BCUT2D eigenvalue weighted by molar-refractivity contribution is 5.75.